The van der Waals surface area contributed by atoms with Crippen LogP contribution in [0.5, 0.6) is 0 Å². The third kappa shape index (κ3) is 2.08. The van der Waals surface area contributed by atoms with E-state index in [0.29, 0.717) is 0 Å². The van der Waals surface area contributed by atoms with Crippen LogP contribution < -0.4 is 5.73 Å². The van der Waals surface area contributed by atoms with E-state index in [9.17, 15) is 4.79 Å². The van der Waals surface area contributed by atoms with E-state index in [1.165, 1.54) is 5.56 Å². The molecular formula is C13H12N2O. The van der Waals surface area contributed by atoms with Crippen LogP contribution in [0.2, 0.25) is 0 Å². The van der Waals surface area contributed by atoms with Crippen LogP contribution in [-0.2, 0) is 0 Å². The summed E-state index contributed by atoms with van der Waals surface area (Å²) in [6, 6.07) is 11.6. The molecule has 0 saturated heterocycles. The number of benzene rings is 1. The monoisotopic (exact) mass is 212 g/mol. The number of primary amides is 1. The number of hydrogen-bond acceptors (Lipinski definition) is 2. The summed E-state index contributed by atoms with van der Waals surface area (Å²) in [5.74, 6) is -0.504. The molecule has 2 aromatic rings. The maximum atomic E-state index is 10.9. The molecule has 3 heteroatoms. The summed E-state index contributed by atoms with van der Waals surface area (Å²) in [7, 11) is 0. The Morgan fingerprint density at radius 2 is 1.69 bits per heavy atom. The predicted molar refractivity (Wildman–Crippen MR) is 62.9 cm³/mol. The first-order valence-corrected chi connectivity index (χ1v) is 5.00. The molecule has 0 aliphatic heterocycles. The lowest BCUT2D eigenvalue weighted by Crippen LogP contribution is -2.12. The van der Waals surface area contributed by atoms with E-state index in [0.717, 1.165) is 11.1 Å². The fourth-order valence-electron chi connectivity index (χ4n) is 1.46. The van der Waals surface area contributed by atoms with Crippen molar-refractivity contribution in [3.05, 3.63) is 53.9 Å². The maximum absolute atomic E-state index is 10.9. The minimum Gasteiger partial charge on any atom is -0.364 e. The second-order valence-electron chi connectivity index (χ2n) is 3.66. The third-order valence-corrected chi connectivity index (χ3v) is 2.40. The summed E-state index contributed by atoms with van der Waals surface area (Å²) in [6.07, 6.45) is 1.66. The van der Waals surface area contributed by atoms with Gasteiger partial charge in [-0.05, 0) is 18.6 Å². The van der Waals surface area contributed by atoms with Crippen molar-refractivity contribution in [2.24, 2.45) is 5.73 Å². The maximum Gasteiger partial charge on any atom is 0.267 e. The van der Waals surface area contributed by atoms with Crippen LogP contribution in [0.3, 0.4) is 0 Å². The number of amides is 1. The average Bonchev–Trinajstić information content (AvgIpc) is 2.30. The third-order valence-electron chi connectivity index (χ3n) is 2.40. The van der Waals surface area contributed by atoms with Crippen molar-refractivity contribution < 1.29 is 4.79 Å². The van der Waals surface area contributed by atoms with Gasteiger partial charge in [0.25, 0.3) is 5.91 Å². The first kappa shape index (κ1) is 10.4. The number of hydrogen-bond donors (Lipinski definition) is 1. The minimum absolute atomic E-state index is 0.288. The van der Waals surface area contributed by atoms with Gasteiger partial charge in [-0.2, -0.15) is 0 Å². The summed E-state index contributed by atoms with van der Waals surface area (Å²) >= 11 is 0. The van der Waals surface area contributed by atoms with E-state index >= 15 is 0 Å². The molecule has 2 N–H and O–H groups in total. The lowest BCUT2D eigenvalue weighted by molar-refractivity contribution is 0.0995. The van der Waals surface area contributed by atoms with Crippen molar-refractivity contribution in [2.45, 2.75) is 6.92 Å². The van der Waals surface area contributed by atoms with Crippen molar-refractivity contribution in [3.8, 4) is 11.1 Å². The highest BCUT2D eigenvalue weighted by atomic mass is 16.1. The van der Waals surface area contributed by atoms with Gasteiger partial charge in [0.15, 0.2) is 0 Å². The zero-order valence-corrected chi connectivity index (χ0v) is 8.97. The fraction of sp³-hybridized carbons (Fsp3) is 0.0769. The standard InChI is InChI=1S/C13H12N2O/c1-9-2-4-10(5-3-9)11-6-7-12(13(14)16)15-8-11/h2-8H,1H3,(H2,14,16). The van der Waals surface area contributed by atoms with Crippen molar-refractivity contribution in [1.82, 2.24) is 4.98 Å². The van der Waals surface area contributed by atoms with E-state index in [1.54, 1.807) is 12.3 Å². The Morgan fingerprint density at radius 3 is 2.19 bits per heavy atom. The summed E-state index contributed by atoms with van der Waals surface area (Å²) in [5, 5.41) is 0. The van der Waals surface area contributed by atoms with Crippen LogP contribution in [-0.4, -0.2) is 10.9 Å². The van der Waals surface area contributed by atoms with Crippen molar-refractivity contribution in [3.63, 3.8) is 0 Å². The molecule has 0 bridgehead atoms. The highest BCUT2D eigenvalue weighted by Crippen LogP contribution is 2.18. The van der Waals surface area contributed by atoms with Gasteiger partial charge in [0, 0.05) is 11.8 Å². The van der Waals surface area contributed by atoms with E-state index < -0.39 is 5.91 Å². The van der Waals surface area contributed by atoms with E-state index in [1.807, 2.05) is 37.3 Å². The van der Waals surface area contributed by atoms with Gasteiger partial charge < -0.3 is 5.73 Å². The number of rotatable bonds is 2. The number of carbonyl (C=O) groups excluding carboxylic acids is 1. The molecule has 0 aliphatic rings. The normalized spacial score (nSPS) is 10.1. The fourth-order valence-corrected chi connectivity index (χ4v) is 1.46. The molecule has 1 aromatic heterocycles. The van der Waals surface area contributed by atoms with E-state index in [4.69, 9.17) is 5.73 Å². The number of nitrogens with two attached hydrogens (primary N) is 1. The van der Waals surface area contributed by atoms with Crippen molar-refractivity contribution >= 4 is 5.91 Å². The number of pyridine rings is 1. The second kappa shape index (κ2) is 4.14. The van der Waals surface area contributed by atoms with Gasteiger partial charge in [-0.1, -0.05) is 35.9 Å². The minimum atomic E-state index is -0.504. The van der Waals surface area contributed by atoms with Gasteiger partial charge in [-0.25, -0.2) is 0 Å². The van der Waals surface area contributed by atoms with Crippen molar-refractivity contribution in [1.29, 1.82) is 0 Å². The van der Waals surface area contributed by atoms with Crippen LogP contribution in [0.25, 0.3) is 11.1 Å². The zero-order valence-electron chi connectivity index (χ0n) is 8.97. The Balaban J connectivity index is 2.34. The molecule has 0 unspecified atom stereocenters. The molecule has 0 radical (unpaired) electrons. The number of nitrogens with zero attached hydrogens (tertiary/aromatic N) is 1. The summed E-state index contributed by atoms with van der Waals surface area (Å²) in [5.41, 5.74) is 8.68. The molecule has 1 aromatic carbocycles. The zero-order chi connectivity index (χ0) is 11.5. The molecule has 16 heavy (non-hydrogen) atoms. The molecular weight excluding hydrogens is 200 g/mol. The Hall–Kier alpha value is -2.16. The first-order valence-electron chi connectivity index (χ1n) is 5.00. The SMILES string of the molecule is Cc1ccc(-c2ccc(C(N)=O)nc2)cc1. The number of aromatic nitrogens is 1. The Labute approximate surface area is 93.9 Å². The van der Waals surface area contributed by atoms with Crippen LogP contribution >= 0.6 is 0 Å². The molecule has 2 rings (SSSR count). The predicted octanol–water partition coefficient (Wildman–Crippen LogP) is 2.16. The molecule has 0 aliphatic carbocycles. The summed E-state index contributed by atoms with van der Waals surface area (Å²) in [4.78, 5) is 14.9. The van der Waals surface area contributed by atoms with Gasteiger partial charge in [0.05, 0.1) is 0 Å². The lowest BCUT2D eigenvalue weighted by atomic mass is 10.1. The molecule has 80 valence electrons. The molecule has 3 nitrogen and oxygen atoms in total. The highest BCUT2D eigenvalue weighted by Gasteiger charge is 2.02. The largest absolute Gasteiger partial charge is 0.364 e. The quantitative estimate of drug-likeness (QED) is 0.829. The molecule has 0 atom stereocenters. The number of aryl methyl sites for hydroxylation is 1. The van der Waals surface area contributed by atoms with Gasteiger partial charge in [-0.15, -0.1) is 0 Å². The second-order valence-corrected chi connectivity index (χ2v) is 3.66. The van der Waals surface area contributed by atoms with Gasteiger partial charge in [-0.3, -0.25) is 9.78 Å². The van der Waals surface area contributed by atoms with Gasteiger partial charge in [0.2, 0.25) is 0 Å². The topological polar surface area (TPSA) is 56.0 Å². The van der Waals surface area contributed by atoms with Crippen LogP contribution in [0.4, 0.5) is 0 Å². The average molecular weight is 212 g/mol. The van der Waals surface area contributed by atoms with Crippen LogP contribution in [0, 0.1) is 6.92 Å². The Bertz CT molecular complexity index is 500. The smallest absolute Gasteiger partial charge is 0.267 e. The van der Waals surface area contributed by atoms with Gasteiger partial charge in [0.1, 0.15) is 5.69 Å². The van der Waals surface area contributed by atoms with Crippen LogP contribution in [0.1, 0.15) is 16.1 Å². The van der Waals surface area contributed by atoms with Crippen molar-refractivity contribution in [2.75, 3.05) is 0 Å². The number of carbonyl (C=O) groups is 1. The molecule has 0 spiro atoms. The lowest BCUT2D eigenvalue weighted by Gasteiger charge is -2.02. The molecule has 0 fully saturated rings. The summed E-state index contributed by atoms with van der Waals surface area (Å²) in [6.45, 7) is 2.04. The molecule has 1 amide bonds. The molecule has 0 saturated carbocycles. The van der Waals surface area contributed by atoms with E-state index in [-0.39, 0.29) is 5.69 Å². The highest BCUT2D eigenvalue weighted by molar-refractivity contribution is 5.91. The van der Waals surface area contributed by atoms with E-state index in [2.05, 4.69) is 4.98 Å². The first-order chi connectivity index (χ1) is 7.66. The summed E-state index contributed by atoms with van der Waals surface area (Å²) < 4.78 is 0. The molecule has 1 heterocycles. The Kier molecular flexibility index (Phi) is 2.68. The van der Waals surface area contributed by atoms with Crippen LogP contribution in [0.15, 0.2) is 42.6 Å². The Morgan fingerprint density at radius 1 is 1.06 bits per heavy atom. The van der Waals surface area contributed by atoms with Gasteiger partial charge >= 0.3 is 0 Å².